The van der Waals surface area contributed by atoms with Crippen LogP contribution in [0.25, 0.3) is 0 Å². The lowest BCUT2D eigenvalue weighted by molar-refractivity contribution is -0.143. The lowest BCUT2D eigenvalue weighted by Crippen LogP contribution is -2.22. The van der Waals surface area contributed by atoms with Crippen molar-refractivity contribution in [2.75, 3.05) is 6.61 Å². The van der Waals surface area contributed by atoms with Gasteiger partial charge in [-0.15, -0.1) is 0 Å². The third kappa shape index (κ3) is 8.11. The lowest BCUT2D eigenvalue weighted by atomic mass is 10.1. The number of carbonyl (C=O) groups excluding carboxylic acids is 1. The van der Waals surface area contributed by atoms with Crippen LogP contribution in [0.2, 0.25) is 0 Å². The SMILES string of the molecule is C=CCOC(=O)CCC(C)(O)N=NC(C)C. The summed E-state index contributed by atoms with van der Waals surface area (Å²) in [7, 11) is 0. The summed E-state index contributed by atoms with van der Waals surface area (Å²) in [5.41, 5.74) is -1.31. The van der Waals surface area contributed by atoms with Gasteiger partial charge in [0.2, 0.25) is 0 Å². The molecule has 5 nitrogen and oxygen atoms in total. The van der Waals surface area contributed by atoms with Crippen LogP contribution in [0.1, 0.15) is 33.6 Å². The van der Waals surface area contributed by atoms with Crippen LogP contribution in [0.5, 0.6) is 0 Å². The summed E-state index contributed by atoms with van der Waals surface area (Å²) in [6.07, 6.45) is 1.80. The average Bonchev–Trinajstić information content (AvgIpc) is 2.21. The Morgan fingerprint density at radius 2 is 2.25 bits per heavy atom. The second-order valence-electron chi connectivity index (χ2n) is 4.00. The molecule has 0 heterocycles. The summed E-state index contributed by atoms with van der Waals surface area (Å²) in [5, 5.41) is 17.4. The van der Waals surface area contributed by atoms with E-state index < -0.39 is 5.72 Å². The summed E-state index contributed by atoms with van der Waals surface area (Å²) in [6, 6.07) is 0.0270. The second kappa shape index (κ2) is 7.11. The molecule has 0 radical (unpaired) electrons. The third-order valence-corrected chi connectivity index (χ3v) is 1.67. The maximum atomic E-state index is 11.1. The van der Waals surface area contributed by atoms with Gasteiger partial charge in [-0.3, -0.25) is 4.79 Å². The molecule has 5 heteroatoms. The molecular weight excluding hydrogens is 208 g/mol. The van der Waals surface area contributed by atoms with Crippen LogP contribution < -0.4 is 0 Å². The van der Waals surface area contributed by atoms with Gasteiger partial charge in [-0.05, 0) is 20.8 Å². The van der Waals surface area contributed by atoms with E-state index in [4.69, 9.17) is 4.74 Å². The van der Waals surface area contributed by atoms with E-state index >= 15 is 0 Å². The predicted octanol–water partition coefficient (Wildman–Crippen LogP) is 2.06. The van der Waals surface area contributed by atoms with Gasteiger partial charge in [-0.25, -0.2) is 0 Å². The number of esters is 1. The zero-order valence-electron chi connectivity index (χ0n) is 10.1. The Hall–Kier alpha value is -1.23. The summed E-state index contributed by atoms with van der Waals surface area (Å²) >= 11 is 0. The van der Waals surface area contributed by atoms with E-state index in [1.165, 1.54) is 13.0 Å². The third-order valence-electron chi connectivity index (χ3n) is 1.67. The summed E-state index contributed by atoms with van der Waals surface area (Å²) in [5.74, 6) is -0.375. The predicted molar refractivity (Wildman–Crippen MR) is 61.0 cm³/mol. The van der Waals surface area contributed by atoms with Gasteiger partial charge in [0.05, 0.1) is 12.5 Å². The molecule has 0 aliphatic carbocycles. The number of hydrogen-bond acceptors (Lipinski definition) is 5. The van der Waals surface area contributed by atoms with Gasteiger partial charge in [0.1, 0.15) is 6.61 Å². The Labute approximate surface area is 96.2 Å². The fourth-order valence-electron chi connectivity index (χ4n) is 0.853. The van der Waals surface area contributed by atoms with Crippen LogP contribution in [-0.2, 0) is 9.53 Å². The summed E-state index contributed by atoms with van der Waals surface area (Å²) in [4.78, 5) is 11.1. The van der Waals surface area contributed by atoms with Gasteiger partial charge in [0, 0.05) is 6.42 Å². The minimum absolute atomic E-state index is 0.0270. The Morgan fingerprint density at radius 3 is 2.75 bits per heavy atom. The molecule has 1 atom stereocenters. The fraction of sp³-hybridized carbons (Fsp3) is 0.727. The lowest BCUT2D eigenvalue weighted by Gasteiger charge is -2.16. The first-order valence-corrected chi connectivity index (χ1v) is 5.28. The fourth-order valence-corrected chi connectivity index (χ4v) is 0.853. The van der Waals surface area contributed by atoms with Crippen molar-refractivity contribution in [1.82, 2.24) is 0 Å². The molecule has 0 aromatic carbocycles. The molecule has 0 aromatic heterocycles. The highest BCUT2D eigenvalue weighted by molar-refractivity contribution is 5.69. The topological polar surface area (TPSA) is 71.2 Å². The van der Waals surface area contributed by atoms with Crippen LogP contribution in [0.15, 0.2) is 22.9 Å². The molecule has 0 amide bonds. The smallest absolute Gasteiger partial charge is 0.306 e. The Bertz CT molecular complexity index is 260. The number of carbonyl (C=O) groups is 1. The van der Waals surface area contributed by atoms with Crippen LogP contribution in [0.3, 0.4) is 0 Å². The van der Waals surface area contributed by atoms with Gasteiger partial charge >= 0.3 is 5.97 Å². The molecule has 16 heavy (non-hydrogen) atoms. The zero-order chi connectivity index (χ0) is 12.6. The molecule has 0 fully saturated rings. The van der Waals surface area contributed by atoms with Crippen LogP contribution in [0.4, 0.5) is 0 Å². The minimum Gasteiger partial charge on any atom is -0.461 e. The highest BCUT2D eigenvalue weighted by Gasteiger charge is 2.21. The molecule has 0 bridgehead atoms. The Kier molecular flexibility index (Phi) is 6.56. The van der Waals surface area contributed by atoms with E-state index in [2.05, 4.69) is 16.8 Å². The molecule has 1 N–H and O–H groups in total. The first kappa shape index (κ1) is 14.8. The molecule has 0 aromatic rings. The van der Waals surface area contributed by atoms with Crippen molar-refractivity contribution in [3.63, 3.8) is 0 Å². The monoisotopic (exact) mass is 228 g/mol. The van der Waals surface area contributed by atoms with Crippen molar-refractivity contribution in [2.24, 2.45) is 10.2 Å². The van der Waals surface area contributed by atoms with Gasteiger partial charge in [0.25, 0.3) is 0 Å². The van der Waals surface area contributed by atoms with Crippen molar-refractivity contribution >= 4 is 5.97 Å². The van der Waals surface area contributed by atoms with Crippen molar-refractivity contribution in [3.05, 3.63) is 12.7 Å². The summed E-state index contributed by atoms with van der Waals surface area (Å²) < 4.78 is 4.77. The molecule has 0 saturated heterocycles. The number of aliphatic hydroxyl groups is 1. The Balaban J connectivity index is 3.98. The van der Waals surface area contributed by atoms with E-state index in [-0.39, 0.29) is 31.5 Å². The number of rotatable bonds is 7. The molecule has 0 aliphatic heterocycles. The number of azo groups is 1. The van der Waals surface area contributed by atoms with Crippen molar-refractivity contribution < 1.29 is 14.6 Å². The first-order valence-electron chi connectivity index (χ1n) is 5.28. The van der Waals surface area contributed by atoms with E-state index in [0.717, 1.165) is 0 Å². The van der Waals surface area contributed by atoms with Gasteiger partial charge < -0.3 is 9.84 Å². The maximum absolute atomic E-state index is 11.1. The molecule has 1 unspecified atom stereocenters. The highest BCUT2D eigenvalue weighted by atomic mass is 16.5. The van der Waals surface area contributed by atoms with Crippen molar-refractivity contribution in [2.45, 2.75) is 45.4 Å². The summed E-state index contributed by atoms with van der Waals surface area (Å²) in [6.45, 7) is 8.85. The molecule has 92 valence electrons. The van der Waals surface area contributed by atoms with Crippen LogP contribution in [-0.4, -0.2) is 29.4 Å². The average molecular weight is 228 g/mol. The van der Waals surface area contributed by atoms with Crippen molar-refractivity contribution in [3.8, 4) is 0 Å². The number of ether oxygens (including phenoxy) is 1. The van der Waals surface area contributed by atoms with Crippen LogP contribution >= 0.6 is 0 Å². The highest BCUT2D eigenvalue weighted by Crippen LogP contribution is 2.15. The Morgan fingerprint density at radius 1 is 1.62 bits per heavy atom. The van der Waals surface area contributed by atoms with Crippen molar-refractivity contribution in [1.29, 1.82) is 0 Å². The normalized spacial score (nSPS) is 15.1. The largest absolute Gasteiger partial charge is 0.461 e. The standard InChI is InChI=1S/C11H20N2O3/c1-5-8-16-10(14)6-7-11(4,15)13-12-9(2)3/h5,9,15H,1,6-8H2,2-4H3. The number of nitrogens with zero attached hydrogens (tertiary/aromatic N) is 2. The van der Waals surface area contributed by atoms with Gasteiger partial charge in [0.15, 0.2) is 5.72 Å². The minimum atomic E-state index is -1.31. The second-order valence-corrected chi connectivity index (χ2v) is 4.00. The van der Waals surface area contributed by atoms with E-state index in [9.17, 15) is 9.90 Å². The molecule has 0 saturated carbocycles. The van der Waals surface area contributed by atoms with Crippen LogP contribution in [0, 0.1) is 0 Å². The van der Waals surface area contributed by atoms with Gasteiger partial charge in [-0.1, -0.05) is 12.7 Å². The van der Waals surface area contributed by atoms with Gasteiger partial charge in [-0.2, -0.15) is 10.2 Å². The quantitative estimate of drug-likeness (QED) is 0.412. The maximum Gasteiger partial charge on any atom is 0.306 e. The first-order chi connectivity index (χ1) is 7.37. The molecule has 0 rings (SSSR count). The van der Waals surface area contributed by atoms with E-state index in [0.29, 0.717) is 0 Å². The van der Waals surface area contributed by atoms with E-state index in [1.54, 1.807) is 0 Å². The molecule has 0 aliphatic rings. The zero-order valence-corrected chi connectivity index (χ0v) is 10.1. The molecular formula is C11H20N2O3. The number of hydrogen-bond donors (Lipinski definition) is 1. The van der Waals surface area contributed by atoms with E-state index in [1.807, 2.05) is 13.8 Å². The molecule has 0 spiro atoms.